The first kappa shape index (κ1) is 12.5. The summed E-state index contributed by atoms with van der Waals surface area (Å²) in [5, 5.41) is 6.16. The smallest absolute Gasteiger partial charge is 0.224 e. The van der Waals surface area contributed by atoms with Crippen LogP contribution in [0.3, 0.4) is 0 Å². The van der Waals surface area contributed by atoms with Crippen molar-refractivity contribution in [3.05, 3.63) is 35.9 Å². The third-order valence-corrected chi connectivity index (χ3v) is 3.40. The third-order valence-electron chi connectivity index (χ3n) is 3.40. The Morgan fingerprint density at radius 2 is 2.25 bits per heavy atom. The van der Waals surface area contributed by atoms with Crippen molar-refractivity contribution in [2.45, 2.75) is 19.3 Å². The van der Waals surface area contributed by atoms with E-state index in [1.54, 1.807) is 6.20 Å². The van der Waals surface area contributed by atoms with E-state index in [1.165, 1.54) is 0 Å². The summed E-state index contributed by atoms with van der Waals surface area (Å²) in [6.45, 7) is 0.753. The summed E-state index contributed by atoms with van der Waals surface area (Å²) in [4.78, 5) is 18.6. The monoisotopic (exact) mass is 271 g/mol. The number of benzene rings is 1. The van der Waals surface area contributed by atoms with Crippen LogP contribution in [0.2, 0.25) is 0 Å². The molecule has 1 amide bonds. The molecule has 6 heteroatoms. The molecular formula is C14H17N5O. The zero-order chi connectivity index (χ0) is 13.9. The van der Waals surface area contributed by atoms with Gasteiger partial charge in [-0.2, -0.15) is 0 Å². The van der Waals surface area contributed by atoms with Crippen LogP contribution in [0.25, 0.3) is 0 Å². The molecule has 6 nitrogen and oxygen atoms in total. The Hall–Kier alpha value is -2.50. The second kappa shape index (κ2) is 5.24. The highest BCUT2D eigenvalue weighted by Crippen LogP contribution is 2.30. The van der Waals surface area contributed by atoms with Crippen molar-refractivity contribution in [2.24, 2.45) is 0 Å². The molecule has 0 aliphatic carbocycles. The molecule has 0 unspecified atom stereocenters. The standard InChI is InChI=1S/C14H17N5O/c15-10-8-11-9(1-2-14(20)19-11)7-12(10)16-4-3-13-17-5-6-18-13/h5-8,16H,1-4,15H2,(H,17,18)(H,19,20). The van der Waals surface area contributed by atoms with Crippen LogP contribution >= 0.6 is 0 Å². The van der Waals surface area contributed by atoms with Gasteiger partial charge in [0.2, 0.25) is 5.91 Å². The van der Waals surface area contributed by atoms with E-state index in [1.807, 2.05) is 18.3 Å². The van der Waals surface area contributed by atoms with Gasteiger partial charge in [0, 0.05) is 37.5 Å². The number of hydrogen-bond acceptors (Lipinski definition) is 4. The molecule has 1 aliphatic rings. The van der Waals surface area contributed by atoms with Crippen molar-refractivity contribution < 1.29 is 4.79 Å². The predicted octanol–water partition coefficient (Wildman–Crippen LogP) is 1.53. The van der Waals surface area contributed by atoms with Gasteiger partial charge in [0.1, 0.15) is 5.82 Å². The number of aromatic nitrogens is 2. The number of amides is 1. The number of nitrogen functional groups attached to an aromatic ring is 1. The molecule has 1 aromatic heterocycles. The predicted molar refractivity (Wildman–Crippen MR) is 78.6 cm³/mol. The molecule has 0 atom stereocenters. The summed E-state index contributed by atoms with van der Waals surface area (Å²) in [5.41, 5.74) is 9.52. The Balaban J connectivity index is 1.69. The third kappa shape index (κ3) is 2.59. The largest absolute Gasteiger partial charge is 0.397 e. The van der Waals surface area contributed by atoms with Gasteiger partial charge in [-0.15, -0.1) is 0 Å². The van der Waals surface area contributed by atoms with Gasteiger partial charge in [-0.1, -0.05) is 0 Å². The quantitative estimate of drug-likeness (QED) is 0.634. The van der Waals surface area contributed by atoms with Crippen LogP contribution in [0.15, 0.2) is 24.5 Å². The number of aryl methyl sites for hydroxylation is 1. The average molecular weight is 271 g/mol. The summed E-state index contributed by atoms with van der Waals surface area (Å²) in [6, 6.07) is 3.84. The number of nitrogens with two attached hydrogens (primary N) is 1. The van der Waals surface area contributed by atoms with E-state index < -0.39 is 0 Å². The van der Waals surface area contributed by atoms with Crippen LogP contribution < -0.4 is 16.4 Å². The highest BCUT2D eigenvalue weighted by atomic mass is 16.1. The fourth-order valence-corrected chi connectivity index (χ4v) is 2.35. The van der Waals surface area contributed by atoms with Crippen LogP contribution in [0.4, 0.5) is 17.1 Å². The number of H-pyrrole nitrogens is 1. The Labute approximate surface area is 116 Å². The highest BCUT2D eigenvalue weighted by molar-refractivity contribution is 5.95. The average Bonchev–Trinajstić information content (AvgIpc) is 2.93. The topological polar surface area (TPSA) is 95.8 Å². The molecule has 0 bridgehead atoms. The molecular weight excluding hydrogens is 254 g/mol. The lowest BCUT2D eigenvalue weighted by Crippen LogP contribution is -2.19. The molecule has 0 saturated heterocycles. The molecule has 5 N–H and O–H groups in total. The first-order valence-electron chi connectivity index (χ1n) is 6.67. The Kier molecular flexibility index (Phi) is 3.28. The Morgan fingerprint density at radius 1 is 1.35 bits per heavy atom. The van der Waals surface area contributed by atoms with Gasteiger partial charge in [0.15, 0.2) is 0 Å². The number of carbonyl (C=O) groups excluding carboxylic acids is 1. The number of nitrogens with one attached hydrogen (secondary N) is 3. The van der Waals surface area contributed by atoms with Crippen LogP contribution in [0.5, 0.6) is 0 Å². The van der Waals surface area contributed by atoms with Gasteiger partial charge >= 0.3 is 0 Å². The van der Waals surface area contributed by atoms with Gasteiger partial charge in [0.25, 0.3) is 0 Å². The maximum Gasteiger partial charge on any atom is 0.224 e. The number of aromatic amines is 1. The molecule has 20 heavy (non-hydrogen) atoms. The van der Waals surface area contributed by atoms with Crippen molar-refractivity contribution in [3.63, 3.8) is 0 Å². The number of hydrogen-bond donors (Lipinski definition) is 4. The van der Waals surface area contributed by atoms with E-state index in [0.29, 0.717) is 12.1 Å². The maximum absolute atomic E-state index is 11.3. The minimum absolute atomic E-state index is 0.0513. The van der Waals surface area contributed by atoms with Gasteiger partial charge in [0.05, 0.1) is 11.4 Å². The molecule has 0 saturated carbocycles. The van der Waals surface area contributed by atoms with Crippen LogP contribution in [-0.4, -0.2) is 22.4 Å². The first-order valence-corrected chi connectivity index (χ1v) is 6.67. The summed E-state index contributed by atoms with van der Waals surface area (Å²) in [5.74, 6) is 0.997. The van der Waals surface area contributed by atoms with E-state index in [0.717, 1.165) is 42.1 Å². The number of carbonyl (C=O) groups is 1. The minimum Gasteiger partial charge on any atom is -0.397 e. The van der Waals surface area contributed by atoms with Gasteiger partial charge in [-0.25, -0.2) is 4.98 Å². The Bertz CT molecular complexity index is 621. The first-order chi connectivity index (χ1) is 9.72. The molecule has 0 fully saturated rings. The summed E-state index contributed by atoms with van der Waals surface area (Å²) in [7, 11) is 0. The van der Waals surface area contributed by atoms with Gasteiger partial charge in [-0.3, -0.25) is 4.79 Å². The molecule has 1 aromatic carbocycles. The van der Waals surface area contributed by atoms with Gasteiger partial charge in [-0.05, 0) is 24.1 Å². The fourth-order valence-electron chi connectivity index (χ4n) is 2.35. The second-order valence-electron chi connectivity index (χ2n) is 4.86. The summed E-state index contributed by atoms with van der Waals surface area (Å²) >= 11 is 0. The highest BCUT2D eigenvalue weighted by Gasteiger charge is 2.16. The van der Waals surface area contributed by atoms with Crippen molar-refractivity contribution in [1.82, 2.24) is 9.97 Å². The fraction of sp³-hybridized carbons (Fsp3) is 0.286. The van der Waals surface area contributed by atoms with Crippen LogP contribution in [0, 0.1) is 0 Å². The lowest BCUT2D eigenvalue weighted by atomic mass is 10.0. The lowest BCUT2D eigenvalue weighted by molar-refractivity contribution is -0.116. The van der Waals surface area contributed by atoms with Crippen molar-refractivity contribution in [1.29, 1.82) is 0 Å². The van der Waals surface area contributed by atoms with E-state index >= 15 is 0 Å². The molecule has 0 radical (unpaired) electrons. The van der Waals surface area contributed by atoms with E-state index in [-0.39, 0.29) is 5.91 Å². The molecule has 2 heterocycles. The zero-order valence-electron chi connectivity index (χ0n) is 11.1. The Morgan fingerprint density at radius 3 is 3.05 bits per heavy atom. The molecule has 2 aromatic rings. The maximum atomic E-state index is 11.3. The normalized spacial score (nSPS) is 13.7. The molecule has 1 aliphatic heterocycles. The number of anilines is 3. The summed E-state index contributed by atoms with van der Waals surface area (Å²) in [6.07, 6.45) is 5.65. The van der Waals surface area contributed by atoms with E-state index in [9.17, 15) is 4.79 Å². The SMILES string of the molecule is Nc1cc2c(cc1NCCc1ncc[nH]1)CCC(=O)N2. The number of imidazole rings is 1. The lowest BCUT2D eigenvalue weighted by Gasteiger charge is -2.19. The second-order valence-corrected chi connectivity index (χ2v) is 4.86. The van der Waals surface area contributed by atoms with Crippen molar-refractivity contribution in [2.75, 3.05) is 22.9 Å². The zero-order valence-corrected chi connectivity index (χ0v) is 11.1. The van der Waals surface area contributed by atoms with Crippen LogP contribution in [-0.2, 0) is 17.6 Å². The summed E-state index contributed by atoms with van der Waals surface area (Å²) < 4.78 is 0. The van der Waals surface area contributed by atoms with Crippen molar-refractivity contribution in [3.8, 4) is 0 Å². The molecule has 0 spiro atoms. The number of rotatable bonds is 4. The van der Waals surface area contributed by atoms with Crippen LogP contribution in [0.1, 0.15) is 17.8 Å². The number of nitrogens with zero attached hydrogens (tertiary/aromatic N) is 1. The number of fused-ring (bicyclic) bond motifs is 1. The minimum atomic E-state index is 0.0513. The molecule has 104 valence electrons. The van der Waals surface area contributed by atoms with E-state index in [4.69, 9.17) is 5.73 Å². The molecule has 3 rings (SSSR count). The van der Waals surface area contributed by atoms with Crippen molar-refractivity contribution >= 4 is 23.0 Å². The van der Waals surface area contributed by atoms with Gasteiger partial charge < -0.3 is 21.4 Å². The van der Waals surface area contributed by atoms with E-state index in [2.05, 4.69) is 20.6 Å².